The first-order valence-electron chi connectivity index (χ1n) is 10.9. The molecule has 2 aromatic rings. The van der Waals surface area contributed by atoms with Gasteiger partial charge in [-0.2, -0.15) is 0 Å². The first-order chi connectivity index (χ1) is 15.1. The molecule has 0 unspecified atom stereocenters. The summed E-state index contributed by atoms with van der Waals surface area (Å²) >= 11 is 0. The summed E-state index contributed by atoms with van der Waals surface area (Å²) in [6.45, 7) is 5.41. The third-order valence-electron chi connectivity index (χ3n) is 5.25. The van der Waals surface area contributed by atoms with Crippen molar-refractivity contribution in [2.45, 2.75) is 45.6 Å². The van der Waals surface area contributed by atoms with Crippen molar-refractivity contribution < 1.29 is 28.5 Å². The van der Waals surface area contributed by atoms with E-state index in [-0.39, 0.29) is 5.78 Å². The molecule has 1 heterocycles. The summed E-state index contributed by atoms with van der Waals surface area (Å²) < 4.78 is 22.5. The highest BCUT2D eigenvalue weighted by molar-refractivity contribution is 6.11. The molecule has 2 aromatic carbocycles. The zero-order valence-corrected chi connectivity index (χ0v) is 18.4. The Morgan fingerprint density at radius 3 is 2.16 bits per heavy atom. The summed E-state index contributed by atoms with van der Waals surface area (Å²) in [5.41, 5.74) is 1.04. The third-order valence-corrected chi connectivity index (χ3v) is 5.25. The fraction of sp³-hybridized carbons (Fsp3) is 0.440. The molecule has 0 amide bonds. The van der Waals surface area contributed by atoms with Gasteiger partial charge in [0.2, 0.25) is 0 Å². The number of methoxy groups -OCH3 is 1. The Kier molecular flexibility index (Phi) is 7.93. The molecular weight excluding hydrogens is 396 g/mol. The van der Waals surface area contributed by atoms with Crippen LogP contribution >= 0.6 is 0 Å². The number of unbranched alkanes of at least 4 members (excludes halogenated alkanes) is 2. The highest BCUT2D eigenvalue weighted by Gasteiger charge is 2.44. The van der Waals surface area contributed by atoms with Crippen LogP contribution in [0.1, 0.15) is 61.6 Å². The van der Waals surface area contributed by atoms with Gasteiger partial charge in [0.15, 0.2) is 11.7 Å². The molecule has 6 nitrogen and oxygen atoms in total. The maximum absolute atomic E-state index is 13.3. The van der Waals surface area contributed by atoms with Crippen LogP contribution in [0.3, 0.4) is 0 Å². The molecule has 0 bridgehead atoms. The van der Waals surface area contributed by atoms with E-state index in [1.165, 1.54) is 7.11 Å². The normalized spacial score (nSPS) is 17.5. The van der Waals surface area contributed by atoms with Crippen molar-refractivity contribution in [1.29, 1.82) is 0 Å². The van der Waals surface area contributed by atoms with Gasteiger partial charge in [-0.3, -0.25) is 9.59 Å². The van der Waals surface area contributed by atoms with Crippen LogP contribution in [-0.2, 0) is 9.53 Å². The minimum Gasteiger partial charge on any atom is -0.494 e. The van der Waals surface area contributed by atoms with E-state index in [9.17, 15) is 9.59 Å². The van der Waals surface area contributed by atoms with Crippen molar-refractivity contribution in [2.24, 2.45) is 5.92 Å². The van der Waals surface area contributed by atoms with E-state index in [0.29, 0.717) is 35.8 Å². The molecule has 6 heteroatoms. The Labute approximate surface area is 183 Å². The van der Waals surface area contributed by atoms with Gasteiger partial charge in [-0.25, -0.2) is 0 Å². The molecule has 3 rings (SSSR count). The predicted octanol–water partition coefficient (Wildman–Crippen LogP) is 5.15. The van der Waals surface area contributed by atoms with Gasteiger partial charge < -0.3 is 18.9 Å². The highest BCUT2D eigenvalue weighted by Crippen LogP contribution is 2.41. The minimum atomic E-state index is -1.09. The molecule has 0 aliphatic carbocycles. The minimum absolute atomic E-state index is 0.331. The van der Waals surface area contributed by atoms with Gasteiger partial charge in [-0.1, -0.05) is 38.8 Å². The first-order valence-corrected chi connectivity index (χ1v) is 10.9. The monoisotopic (exact) mass is 426 g/mol. The second-order valence-corrected chi connectivity index (χ2v) is 7.53. The van der Waals surface area contributed by atoms with Crippen molar-refractivity contribution in [3.63, 3.8) is 0 Å². The molecule has 1 aliphatic heterocycles. The van der Waals surface area contributed by atoms with Gasteiger partial charge in [0.05, 0.1) is 25.9 Å². The molecule has 1 aliphatic rings. The summed E-state index contributed by atoms with van der Waals surface area (Å²) in [5.74, 6) is -0.289. The predicted molar refractivity (Wildman–Crippen MR) is 117 cm³/mol. The Bertz CT molecular complexity index is 889. The highest BCUT2D eigenvalue weighted by atomic mass is 16.5. The second kappa shape index (κ2) is 10.8. The molecular formula is C25H30O6. The molecule has 31 heavy (non-hydrogen) atoms. The first kappa shape index (κ1) is 22.7. The number of carbonyl (C=O) groups excluding carboxylic acids is 2. The maximum Gasteiger partial charge on any atom is 0.320 e. The van der Waals surface area contributed by atoms with Gasteiger partial charge in [0, 0.05) is 0 Å². The lowest BCUT2D eigenvalue weighted by atomic mass is 9.85. The molecule has 0 fully saturated rings. The van der Waals surface area contributed by atoms with Crippen molar-refractivity contribution in [3.05, 3.63) is 53.6 Å². The standard InChI is InChI=1S/C25H30O6/c1-4-6-14-29-18-10-8-17(9-11-18)24-22(25(27)28-3)23(26)20-16-19(30-15-7-5-2)12-13-21(20)31-24/h8-13,16,22,24H,4-7,14-15H2,1-3H3/t22-,24+/m0/s1. The number of hydrogen-bond donors (Lipinski definition) is 0. The number of fused-ring (bicyclic) bond motifs is 1. The van der Waals surface area contributed by atoms with Crippen molar-refractivity contribution in [3.8, 4) is 17.2 Å². The van der Waals surface area contributed by atoms with Gasteiger partial charge in [-0.05, 0) is 48.7 Å². The van der Waals surface area contributed by atoms with Crippen molar-refractivity contribution in [2.75, 3.05) is 20.3 Å². The Balaban J connectivity index is 1.86. The van der Waals surface area contributed by atoms with Crippen LogP contribution < -0.4 is 14.2 Å². The van der Waals surface area contributed by atoms with E-state index in [0.717, 1.165) is 31.4 Å². The number of rotatable bonds is 10. The van der Waals surface area contributed by atoms with Crippen LogP contribution in [0.5, 0.6) is 17.2 Å². The molecule has 0 N–H and O–H groups in total. The van der Waals surface area contributed by atoms with Crippen molar-refractivity contribution >= 4 is 11.8 Å². The largest absolute Gasteiger partial charge is 0.494 e. The van der Waals surface area contributed by atoms with E-state index >= 15 is 0 Å². The number of carbonyl (C=O) groups is 2. The van der Waals surface area contributed by atoms with E-state index in [1.807, 2.05) is 24.3 Å². The Hall–Kier alpha value is -3.02. The van der Waals surface area contributed by atoms with Crippen LogP contribution in [0.2, 0.25) is 0 Å². The quantitative estimate of drug-likeness (QED) is 0.297. The number of esters is 1. The van der Waals surface area contributed by atoms with E-state index < -0.39 is 18.0 Å². The van der Waals surface area contributed by atoms with Crippen LogP contribution in [-0.4, -0.2) is 32.1 Å². The molecule has 166 valence electrons. The van der Waals surface area contributed by atoms with E-state index in [1.54, 1.807) is 18.2 Å². The van der Waals surface area contributed by atoms with E-state index in [4.69, 9.17) is 18.9 Å². The van der Waals surface area contributed by atoms with Gasteiger partial charge >= 0.3 is 5.97 Å². The third kappa shape index (κ3) is 5.37. The fourth-order valence-corrected chi connectivity index (χ4v) is 3.44. The smallest absolute Gasteiger partial charge is 0.320 e. The van der Waals surface area contributed by atoms with Crippen molar-refractivity contribution in [1.82, 2.24) is 0 Å². The summed E-state index contributed by atoms with van der Waals surface area (Å²) in [7, 11) is 1.27. The molecule has 0 saturated heterocycles. The summed E-state index contributed by atoms with van der Waals surface area (Å²) in [5, 5.41) is 0. The number of benzene rings is 2. The summed E-state index contributed by atoms with van der Waals surface area (Å²) in [4.78, 5) is 25.8. The van der Waals surface area contributed by atoms with E-state index in [2.05, 4.69) is 13.8 Å². The molecule has 0 saturated carbocycles. The maximum atomic E-state index is 13.3. The molecule has 0 spiro atoms. The van der Waals surface area contributed by atoms with Gasteiger partial charge in [0.25, 0.3) is 0 Å². The lowest BCUT2D eigenvalue weighted by Crippen LogP contribution is -2.37. The average molecular weight is 427 g/mol. The Morgan fingerprint density at radius 2 is 1.55 bits per heavy atom. The lowest BCUT2D eigenvalue weighted by Gasteiger charge is -2.31. The van der Waals surface area contributed by atoms with Crippen LogP contribution in [0.15, 0.2) is 42.5 Å². The number of ketones is 1. The molecule has 0 aromatic heterocycles. The number of ether oxygens (including phenoxy) is 4. The van der Waals surface area contributed by atoms with Gasteiger partial charge in [0.1, 0.15) is 23.4 Å². The zero-order valence-electron chi connectivity index (χ0n) is 18.4. The fourth-order valence-electron chi connectivity index (χ4n) is 3.44. The SMILES string of the molecule is CCCCOc1ccc([C@H]2Oc3ccc(OCCCC)cc3C(=O)[C@@H]2C(=O)OC)cc1. The summed E-state index contributed by atoms with van der Waals surface area (Å²) in [6.07, 6.45) is 3.20. The van der Waals surface area contributed by atoms with Gasteiger partial charge in [-0.15, -0.1) is 0 Å². The molecule has 0 radical (unpaired) electrons. The zero-order chi connectivity index (χ0) is 22.2. The summed E-state index contributed by atoms with van der Waals surface area (Å²) in [6, 6.07) is 12.4. The molecule has 2 atom stereocenters. The van der Waals surface area contributed by atoms with Crippen LogP contribution in [0, 0.1) is 5.92 Å². The Morgan fingerprint density at radius 1 is 0.935 bits per heavy atom. The number of hydrogen-bond acceptors (Lipinski definition) is 6. The number of Topliss-reactive ketones (excluding diaryl/α,β-unsaturated/α-hetero) is 1. The van der Waals surface area contributed by atoms with Crippen LogP contribution in [0.4, 0.5) is 0 Å². The average Bonchev–Trinajstić information content (AvgIpc) is 2.79. The van der Waals surface area contributed by atoms with Crippen LogP contribution in [0.25, 0.3) is 0 Å². The lowest BCUT2D eigenvalue weighted by molar-refractivity contribution is -0.146. The second-order valence-electron chi connectivity index (χ2n) is 7.53. The topological polar surface area (TPSA) is 71.1 Å².